The number of methoxy groups -OCH3 is 5. The highest BCUT2D eigenvalue weighted by Crippen LogP contribution is 2.39. The van der Waals surface area contributed by atoms with Gasteiger partial charge in [-0.3, -0.25) is 4.79 Å². The number of carbonyl (C=O) groups is 1. The van der Waals surface area contributed by atoms with Crippen LogP contribution in [0.3, 0.4) is 0 Å². The molecule has 0 saturated heterocycles. The fraction of sp³-hybridized carbons (Fsp3) is 0.345. The van der Waals surface area contributed by atoms with Crippen LogP contribution in [0.25, 0.3) is 0 Å². The second-order valence-electron chi connectivity index (χ2n) is 8.59. The Balaban J connectivity index is 1.65. The maximum absolute atomic E-state index is 13.7. The highest BCUT2D eigenvalue weighted by molar-refractivity contribution is 5.80. The summed E-state index contributed by atoms with van der Waals surface area (Å²) in [5, 5.41) is 0. The molecule has 0 aromatic heterocycles. The van der Waals surface area contributed by atoms with E-state index in [0.717, 1.165) is 16.7 Å². The van der Waals surface area contributed by atoms with Gasteiger partial charge in [0, 0.05) is 6.54 Å². The van der Waals surface area contributed by atoms with Crippen molar-refractivity contribution in [3.05, 3.63) is 71.3 Å². The zero-order valence-electron chi connectivity index (χ0n) is 21.9. The van der Waals surface area contributed by atoms with E-state index in [9.17, 15) is 4.79 Å². The molecule has 1 atom stereocenters. The van der Waals surface area contributed by atoms with Crippen molar-refractivity contribution in [2.24, 2.45) is 0 Å². The highest BCUT2D eigenvalue weighted by Gasteiger charge is 2.33. The lowest BCUT2D eigenvalue weighted by Crippen LogP contribution is -2.43. The molecule has 1 amide bonds. The van der Waals surface area contributed by atoms with Crippen molar-refractivity contribution in [1.82, 2.24) is 4.90 Å². The standard InChI is InChI=1S/C29H33NO7/c1-32-23-8-6-7-9-25(23)37-18-22-21-17-28(36-5)27(35-4)16-20(21)12-13-30(22)29(31)15-19-10-11-24(33-2)26(14-19)34-3/h6-11,14,16-17,22H,12-13,15,18H2,1-5H3/t22-/m0/s1. The van der Waals surface area contributed by atoms with Gasteiger partial charge in [-0.15, -0.1) is 0 Å². The van der Waals surface area contributed by atoms with Crippen LogP contribution in [-0.2, 0) is 17.6 Å². The quantitative estimate of drug-likeness (QED) is 0.401. The molecule has 196 valence electrons. The summed E-state index contributed by atoms with van der Waals surface area (Å²) in [7, 11) is 8.00. The molecule has 3 aromatic rings. The van der Waals surface area contributed by atoms with Crippen LogP contribution in [0.2, 0.25) is 0 Å². The highest BCUT2D eigenvalue weighted by atomic mass is 16.5. The Morgan fingerprint density at radius 2 is 1.35 bits per heavy atom. The first-order valence-electron chi connectivity index (χ1n) is 12.0. The first-order chi connectivity index (χ1) is 18.0. The number of benzene rings is 3. The lowest BCUT2D eigenvalue weighted by atomic mass is 9.91. The van der Waals surface area contributed by atoms with Crippen LogP contribution in [0.5, 0.6) is 34.5 Å². The molecule has 0 N–H and O–H groups in total. The molecule has 0 aliphatic carbocycles. The minimum Gasteiger partial charge on any atom is -0.493 e. The number of fused-ring (bicyclic) bond motifs is 1. The van der Waals surface area contributed by atoms with Crippen LogP contribution in [0, 0.1) is 0 Å². The number of para-hydroxylation sites is 2. The number of ether oxygens (including phenoxy) is 6. The summed E-state index contributed by atoms with van der Waals surface area (Å²) in [5.74, 6) is 3.72. The fourth-order valence-electron chi connectivity index (χ4n) is 4.68. The molecule has 0 bridgehead atoms. The first-order valence-corrected chi connectivity index (χ1v) is 12.0. The minimum atomic E-state index is -0.332. The Labute approximate surface area is 217 Å². The Bertz CT molecular complexity index is 1240. The maximum atomic E-state index is 13.7. The van der Waals surface area contributed by atoms with Crippen LogP contribution < -0.4 is 28.4 Å². The normalized spacial score (nSPS) is 14.4. The van der Waals surface area contributed by atoms with E-state index in [1.807, 2.05) is 59.5 Å². The smallest absolute Gasteiger partial charge is 0.227 e. The van der Waals surface area contributed by atoms with E-state index in [4.69, 9.17) is 28.4 Å². The van der Waals surface area contributed by atoms with E-state index < -0.39 is 0 Å². The summed E-state index contributed by atoms with van der Waals surface area (Å²) in [6.45, 7) is 0.801. The van der Waals surface area contributed by atoms with Gasteiger partial charge in [-0.1, -0.05) is 18.2 Å². The van der Waals surface area contributed by atoms with E-state index >= 15 is 0 Å². The van der Waals surface area contributed by atoms with Gasteiger partial charge in [0.2, 0.25) is 5.91 Å². The van der Waals surface area contributed by atoms with Crippen molar-refractivity contribution < 1.29 is 33.2 Å². The second-order valence-corrected chi connectivity index (χ2v) is 8.59. The summed E-state index contributed by atoms with van der Waals surface area (Å²) in [6.07, 6.45) is 0.909. The van der Waals surface area contributed by atoms with Gasteiger partial charge in [-0.2, -0.15) is 0 Å². The van der Waals surface area contributed by atoms with Gasteiger partial charge in [-0.05, 0) is 59.5 Å². The van der Waals surface area contributed by atoms with Crippen LogP contribution in [0.4, 0.5) is 0 Å². The summed E-state index contributed by atoms with van der Waals surface area (Å²) in [5.41, 5.74) is 2.91. The van der Waals surface area contributed by atoms with Gasteiger partial charge in [0.15, 0.2) is 34.5 Å². The molecule has 0 radical (unpaired) electrons. The topological polar surface area (TPSA) is 75.7 Å². The van der Waals surface area contributed by atoms with E-state index in [0.29, 0.717) is 47.5 Å². The minimum absolute atomic E-state index is 0.0127. The number of nitrogens with zero attached hydrogens (tertiary/aromatic N) is 1. The molecule has 1 heterocycles. The Kier molecular flexibility index (Phi) is 8.28. The molecule has 0 unspecified atom stereocenters. The second kappa shape index (κ2) is 11.8. The average Bonchev–Trinajstić information content (AvgIpc) is 2.94. The molecule has 37 heavy (non-hydrogen) atoms. The summed E-state index contributed by atoms with van der Waals surface area (Å²) >= 11 is 0. The molecule has 8 heteroatoms. The van der Waals surface area contributed by atoms with E-state index in [2.05, 4.69) is 0 Å². The first kappa shape index (κ1) is 26.0. The summed E-state index contributed by atoms with van der Waals surface area (Å²) < 4.78 is 33.5. The predicted octanol–water partition coefficient (Wildman–Crippen LogP) is 4.48. The van der Waals surface area contributed by atoms with E-state index in [1.54, 1.807) is 35.5 Å². The third-order valence-electron chi connectivity index (χ3n) is 6.59. The van der Waals surface area contributed by atoms with Crippen molar-refractivity contribution in [3.63, 3.8) is 0 Å². The van der Waals surface area contributed by atoms with Crippen LogP contribution in [0.15, 0.2) is 54.6 Å². The third kappa shape index (κ3) is 5.53. The number of amides is 1. The average molecular weight is 508 g/mol. The Hall–Kier alpha value is -4.07. The molecule has 1 aliphatic rings. The van der Waals surface area contributed by atoms with E-state index in [1.165, 1.54) is 0 Å². The Morgan fingerprint density at radius 3 is 2.03 bits per heavy atom. The zero-order valence-corrected chi connectivity index (χ0v) is 21.9. The molecule has 8 nitrogen and oxygen atoms in total. The van der Waals surface area contributed by atoms with Gasteiger partial charge in [-0.25, -0.2) is 0 Å². The van der Waals surface area contributed by atoms with Gasteiger partial charge in [0.05, 0.1) is 48.0 Å². The Morgan fingerprint density at radius 1 is 0.757 bits per heavy atom. The summed E-state index contributed by atoms with van der Waals surface area (Å²) in [6, 6.07) is 16.6. The van der Waals surface area contributed by atoms with Crippen LogP contribution >= 0.6 is 0 Å². The lowest BCUT2D eigenvalue weighted by molar-refractivity contribution is -0.134. The van der Waals surface area contributed by atoms with Crippen molar-refractivity contribution in [1.29, 1.82) is 0 Å². The van der Waals surface area contributed by atoms with Crippen LogP contribution in [0.1, 0.15) is 22.7 Å². The van der Waals surface area contributed by atoms with E-state index in [-0.39, 0.29) is 25.0 Å². The number of rotatable bonds is 10. The fourth-order valence-corrected chi connectivity index (χ4v) is 4.68. The molecule has 4 rings (SSSR count). The lowest BCUT2D eigenvalue weighted by Gasteiger charge is -2.38. The van der Waals surface area contributed by atoms with Crippen molar-refractivity contribution in [3.8, 4) is 34.5 Å². The van der Waals surface area contributed by atoms with Crippen molar-refractivity contribution in [2.45, 2.75) is 18.9 Å². The molecule has 3 aromatic carbocycles. The van der Waals surface area contributed by atoms with Crippen molar-refractivity contribution >= 4 is 5.91 Å². The van der Waals surface area contributed by atoms with Crippen LogP contribution in [-0.4, -0.2) is 59.5 Å². The zero-order chi connectivity index (χ0) is 26.4. The SMILES string of the molecule is COc1ccc(CC(=O)N2CCc3cc(OC)c(OC)cc3[C@@H]2COc2ccccc2OC)cc1OC. The predicted molar refractivity (Wildman–Crippen MR) is 139 cm³/mol. The molecular weight excluding hydrogens is 474 g/mol. The largest absolute Gasteiger partial charge is 0.493 e. The monoisotopic (exact) mass is 507 g/mol. The van der Waals surface area contributed by atoms with Gasteiger partial charge in [0.25, 0.3) is 0 Å². The molecule has 0 spiro atoms. The molecule has 1 aliphatic heterocycles. The van der Waals surface area contributed by atoms with Gasteiger partial charge < -0.3 is 33.3 Å². The number of hydrogen-bond acceptors (Lipinski definition) is 7. The summed E-state index contributed by atoms with van der Waals surface area (Å²) in [4.78, 5) is 15.5. The number of hydrogen-bond donors (Lipinski definition) is 0. The molecule has 0 fully saturated rings. The van der Waals surface area contributed by atoms with Gasteiger partial charge in [0.1, 0.15) is 6.61 Å². The maximum Gasteiger partial charge on any atom is 0.227 e. The van der Waals surface area contributed by atoms with Gasteiger partial charge >= 0.3 is 0 Å². The van der Waals surface area contributed by atoms with Crippen molar-refractivity contribution in [2.75, 3.05) is 48.7 Å². The molecule has 0 saturated carbocycles. The number of carbonyl (C=O) groups excluding carboxylic acids is 1. The molecular formula is C29H33NO7. The third-order valence-corrected chi connectivity index (χ3v) is 6.59.